The van der Waals surface area contributed by atoms with E-state index in [0.29, 0.717) is 5.02 Å². The highest BCUT2D eigenvalue weighted by molar-refractivity contribution is 6.31. The standard InChI is InChI=1S/C13H17ClFN/c1-2-16-9-5-3-4-6-11-7-8-12(15)10-13(11)14/h3-4,7-8,10,16H,2,5-6,9H2,1H3. The highest BCUT2D eigenvalue weighted by atomic mass is 35.5. The van der Waals surface area contributed by atoms with E-state index in [1.54, 1.807) is 6.07 Å². The summed E-state index contributed by atoms with van der Waals surface area (Å²) >= 11 is 5.91. The average molecular weight is 242 g/mol. The Kier molecular flexibility index (Phi) is 6.12. The molecular formula is C13H17ClFN. The van der Waals surface area contributed by atoms with E-state index in [1.807, 2.05) is 0 Å². The molecule has 0 aliphatic carbocycles. The molecule has 0 saturated heterocycles. The first kappa shape index (κ1) is 13.2. The summed E-state index contributed by atoms with van der Waals surface area (Å²) in [5.41, 5.74) is 0.961. The van der Waals surface area contributed by atoms with Crippen molar-refractivity contribution < 1.29 is 4.39 Å². The molecule has 0 amide bonds. The molecule has 3 heteroatoms. The van der Waals surface area contributed by atoms with Gasteiger partial charge in [-0.2, -0.15) is 0 Å². The summed E-state index contributed by atoms with van der Waals surface area (Å²) in [4.78, 5) is 0. The maximum atomic E-state index is 12.8. The Labute approximate surface area is 101 Å². The second kappa shape index (κ2) is 7.42. The molecule has 0 unspecified atom stereocenters. The Hall–Kier alpha value is -0.860. The second-order valence-electron chi connectivity index (χ2n) is 3.55. The van der Waals surface area contributed by atoms with Gasteiger partial charge in [0.15, 0.2) is 0 Å². The van der Waals surface area contributed by atoms with Crippen molar-refractivity contribution in [1.82, 2.24) is 5.32 Å². The third-order valence-electron chi connectivity index (χ3n) is 2.26. The first-order chi connectivity index (χ1) is 7.74. The van der Waals surface area contributed by atoms with Gasteiger partial charge in [0.25, 0.3) is 0 Å². The van der Waals surface area contributed by atoms with Gasteiger partial charge in [-0.15, -0.1) is 0 Å². The van der Waals surface area contributed by atoms with E-state index in [-0.39, 0.29) is 5.82 Å². The van der Waals surface area contributed by atoms with E-state index < -0.39 is 0 Å². The van der Waals surface area contributed by atoms with Crippen LogP contribution in [0.1, 0.15) is 18.9 Å². The summed E-state index contributed by atoms with van der Waals surface area (Å²) in [7, 11) is 0. The molecule has 0 spiro atoms. The number of hydrogen-bond donors (Lipinski definition) is 1. The van der Waals surface area contributed by atoms with Crippen molar-refractivity contribution in [2.24, 2.45) is 0 Å². The van der Waals surface area contributed by atoms with E-state index in [2.05, 4.69) is 24.4 Å². The normalized spacial score (nSPS) is 11.2. The molecule has 1 N–H and O–H groups in total. The predicted octanol–water partition coefficient (Wildman–Crippen LogP) is 3.58. The quantitative estimate of drug-likeness (QED) is 0.593. The Balaban J connectivity index is 2.36. The van der Waals surface area contributed by atoms with Crippen LogP contribution in [0, 0.1) is 5.82 Å². The molecule has 0 radical (unpaired) electrons. The molecule has 0 aromatic heterocycles. The summed E-state index contributed by atoms with van der Waals surface area (Å²) in [6.45, 7) is 4.07. The second-order valence-corrected chi connectivity index (χ2v) is 3.96. The largest absolute Gasteiger partial charge is 0.317 e. The van der Waals surface area contributed by atoms with Crippen LogP contribution in [-0.4, -0.2) is 13.1 Å². The number of benzene rings is 1. The molecule has 1 rings (SSSR count). The molecule has 1 aromatic carbocycles. The van der Waals surface area contributed by atoms with E-state index in [9.17, 15) is 4.39 Å². The Bertz CT molecular complexity index is 350. The minimum absolute atomic E-state index is 0.287. The van der Waals surface area contributed by atoms with Gasteiger partial charge in [0.2, 0.25) is 0 Å². The SMILES string of the molecule is CCNCCC=CCc1ccc(F)cc1Cl. The number of rotatable bonds is 6. The summed E-state index contributed by atoms with van der Waals surface area (Å²) in [6.07, 6.45) is 5.94. The molecule has 16 heavy (non-hydrogen) atoms. The molecule has 0 heterocycles. The molecule has 0 bridgehead atoms. The predicted molar refractivity (Wildman–Crippen MR) is 67.4 cm³/mol. The fourth-order valence-electron chi connectivity index (χ4n) is 1.38. The maximum absolute atomic E-state index is 12.8. The van der Waals surface area contributed by atoms with Crippen molar-refractivity contribution in [1.29, 1.82) is 0 Å². The van der Waals surface area contributed by atoms with Crippen LogP contribution in [0.3, 0.4) is 0 Å². The van der Waals surface area contributed by atoms with Gasteiger partial charge >= 0.3 is 0 Å². The molecule has 1 aromatic rings. The lowest BCUT2D eigenvalue weighted by Gasteiger charge is -2.00. The Morgan fingerprint density at radius 1 is 1.38 bits per heavy atom. The summed E-state index contributed by atoms with van der Waals surface area (Å²) < 4.78 is 12.8. The average Bonchev–Trinajstić information content (AvgIpc) is 2.26. The van der Waals surface area contributed by atoms with Gasteiger partial charge in [0.05, 0.1) is 0 Å². The molecule has 0 saturated carbocycles. The van der Waals surface area contributed by atoms with Crippen LogP contribution in [-0.2, 0) is 6.42 Å². The van der Waals surface area contributed by atoms with E-state index in [4.69, 9.17) is 11.6 Å². The van der Waals surface area contributed by atoms with Gasteiger partial charge in [-0.3, -0.25) is 0 Å². The molecule has 0 aliphatic heterocycles. The molecule has 1 nitrogen and oxygen atoms in total. The molecule has 0 aliphatic rings. The third kappa shape index (κ3) is 4.77. The fourth-order valence-corrected chi connectivity index (χ4v) is 1.62. The van der Waals surface area contributed by atoms with Gasteiger partial charge in [-0.25, -0.2) is 4.39 Å². The number of halogens is 2. The van der Waals surface area contributed by atoms with Crippen molar-refractivity contribution in [3.8, 4) is 0 Å². The monoisotopic (exact) mass is 241 g/mol. The molecule has 0 atom stereocenters. The molecular weight excluding hydrogens is 225 g/mol. The van der Waals surface area contributed by atoms with E-state index in [0.717, 1.165) is 31.5 Å². The zero-order chi connectivity index (χ0) is 11.8. The smallest absolute Gasteiger partial charge is 0.124 e. The highest BCUT2D eigenvalue weighted by Crippen LogP contribution is 2.17. The van der Waals surface area contributed by atoms with E-state index in [1.165, 1.54) is 12.1 Å². The summed E-state index contributed by atoms with van der Waals surface area (Å²) in [5.74, 6) is -0.287. The van der Waals surface area contributed by atoms with Gasteiger partial charge in [0.1, 0.15) is 5.82 Å². The highest BCUT2D eigenvalue weighted by Gasteiger charge is 1.99. The minimum Gasteiger partial charge on any atom is -0.317 e. The maximum Gasteiger partial charge on any atom is 0.124 e. The lowest BCUT2D eigenvalue weighted by molar-refractivity contribution is 0.627. The van der Waals surface area contributed by atoms with Crippen LogP contribution in [0.2, 0.25) is 5.02 Å². The Morgan fingerprint density at radius 3 is 2.88 bits per heavy atom. The van der Waals surface area contributed by atoms with Crippen molar-refractivity contribution in [3.63, 3.8) is 0 Å². The van der Waals surface area contributed by atoms with Crippen molar-refractivity contribution in [3.05, 3.63) is 46.8 Å². The zero-order valence-electron chi connectivity index (χ0n) is 9.47. The fraction of sp³-hybridized carbons (Fsp3) is 0.385. The topological polar surface area (TPSA) is 12.0 Å². The Morgan fingerprint density at radius 2 is 2.19 bits per heavy atom. The van der Waals surface area contributed by atoms with Crippen molar-refractivity contribution in [2.75, 3.05) is 13.1 Å². The van der Waals surface area contributed by atoms with Gasteiger partial charge in [-0.05, 0) is 43.6 Å². The lowest BCUT2D eigenvalue weighted by Crippen LogP contribution is -2.12. The van der Waals surface area contributed by atoms with Crippen LogP contribution >= 0.6 is 11.6 Å². The van der Waals surface area contributed by atoms with Crippen LogP contribution in [0.5, 0.6) is 0 Å². The van der Waals surface area contributed by atoms with Crippen LogP contribution in [0.25, 0.3) is 0 Å². The lowest BCUT2D eigenvalue weighted by atomic mass is 10.1. The van der Waals surface area contributed by atoms with Crippen LogP contribution in [0.4, 0.5) is 4.39 Å². The number of nitrogens with one attached hydrogen (secondary N) is 1. The summed E-state index contributed by atoms with van der Waals surface area (Å²) in [6, 6.07) is 4.52. The first-order valence-corrected chi connectivity index (χ1v) is 5.91. The van der Waals surface area contributed by atoms with Crippen molar-refractivity contribution in [2.45, 2.75) is 19.8 Å². The molecule has 0 fully saturated rings. The van der Waals surface area contributed by atoms with Gasteiger partial charge in [-0.1, -0.05) is 36.7 Å². The number of allylic oxidation sites excluding steroid dienone is 1. The third-order valence-corrected chi connectivity index (χ3v) is 2.61. The zero-order valence-corrected chi connectivity index (χ0v) is 10.2. The van der Waals surface area contributed by atoms with Crippen molar-refractivity contribution >= 4 is 11.6 Å². The number of hydrogen-bond acceptors (Lipinski definition) is 1. The first-order valence-electron chi connectivity index (χ1n) is 5.53. The van der Waals surface area contributed by atoms with Gasteiger partial charge < -0.3 is 5.32 Å². The minimum atomic E-state index is -0.287. The van der Waals surface area contributed by atoms with Crippen LogP contribution in [0.15, 0.2) is 30.4 Å². The van der Waals surface area contributed by atoms with Crippen LogP contribution < -0.4 is 5.32 Å². The van der Waals surface area contributed by atoms with Gasteiger partial charge in [0, 0.05) is 5.02 Å². The summed E-state index contributed by atoms with van der Waals surface area (Å²) in [5, 5.41) is 3.74. The van der Waals surface area contributed by atoms with E-state index >= 15 is 0 Å². The molecule has 88 valence electrons.